The van der Waals surface area contributed by atoms with Gasteiger partial charge in [0.2, 0.25) is 0 Å². The molecule has 1 rings (SSSR count). The molecule has 0 aliphatic carbocycles. The van der Waals surface area contributed by atoms with Gasteiger partial charge in [0.25, 0.3) is 0 Å². The van der Waals surface area contributed by atoms with Crippen molar-refractivity contribution in [2.45, 2.75) is 26.4 Å². The van der Waals surface area contributed by atoms with Crippen LogP contribution in [0.15, 0.2) is 24.3 Å². The molecule has 0 aliphatic rings. The Bertz CT molecular complexity index is 364. The van der Waals surface area contributed by atoms with Crippen molar-refractivity contribution >= 4 is 0 Å². The third-order valence-corrected chi connectivity index (χ3v) is 3.38. The summed E-state index contributed by atoms with van der Waals surface area (Å²) >= 11 is 0. The second-order valence-corrected chi connectivity index (χ2v) is 5.26. The summed E-state index contributed by atoms with van der Waals surface area (Å²) in [5, 5.41) is 3.45. The van der Waals surface area contributed by atoms with Crippen molar-refractivity contribution in [3.05, 3.63) is 35.4 Å². The Balaban J connectivity index is 2.53. The number of nitrogens with one attached hydrogen (secondary N) is 1. The molecular formula is C17H30N2O2. The molecule has 4 nitrogen and oxygen atoms in total. The van der Waals surface area contributed by atoms with E-state index in [1.807, 2.05) is 0 Å². The monoisotopic (exact) mass is 294 g/mol. The molecule has 4 heteroatoms. The van der Waals surface area contributed by atoms with Crippen LogP contribution >= 0.6 is 0 Å². The summed E-state index contributed by atoms with van der Waals surface area (Å²) in [6.07, 6.45) is 1.17. The number of benzene rings is 1. The van der Waals surface area contributed by atoms with E-state index in [1.165, 1.54) is 17.5 Å². The van der Waals surface area contributed by atoms with Crippen LogP contribution in [0.1, 0.15) is 24.5 Å². The smallest absolute Gasteiger partial charge is 0.0589 e. The molecule has 0 aromatic heterocycles. The first kappa shape index (κ1) is 18.1. The van der Waals surface area contributed by atoms with Crippen molar-refractivity contribution < 1.29 is 9.47 Å². The van der Waals surface area contributed by atoms with E-state index in [-0.39, 0.29) is 0 Å². The van der Waals surface area contributed by atoms with Gasteiger partial charge in [-0.05, 0) is 24.1 Å². The summed E-state index contributed by atoms with van der Waals surface area (Å²) < 4.78 is 10.4. The van der Waals surface area contributed by atoms with E-state index in [4.69, 9.17) is 9.47 Å². The molecule has 1 aromatic carbocycles. The molecule has 0 aliphatic heterocycles. The number of ether oxygens (including phenoxy) is 2. The topological polar surface area (TPSA) is 33.7 Å². The summed E-state index contributed by atoms with van der Waals surface area (Å²) in [5.74, 6) is 0. The van der Waals surface area contributed by atoms with Gasteiger partial charge in [0, 0.05) is 40.4 Å². The van der Waals surface area contributed by atoms with Crippen LogP contribution in [0, 0.1) is 0 Å². The van der Waals surface area contributed by atoms with Crippen LogP contribution in [0.2, 0.25) is 0 Å². The van der Waals surface area contributed by atoms with Gasteiger partial charge in [-0.15, -0.1) is 0 Å². The maximum Gasteiger partial charge on any atom is 0.0589 e. The molecule has 1 aromatic rings. The van der Waals surface area contributed by atoms with Crippen LogP contribution in [0.5, 0.6) is 0 Å². The van der Waals surface area contributed by atoms with Gasteiger partial charge >= 0.3 is 0 Å². The van der Waals surface area contributed by atoms with Crippen LogP contribution in [0.4, 0.5) is 0 Å². The van der Waals surface area contributed by atoms with Crippen molar-refractivity contribution in [3.8, 4) is 0 Å². The van der Waals surface area contributed by atoms with Crippen LogP contribution in [-0.2, 0) is 22.6 Å². The maximum atomic E-state index is 5.19. The number of hydrogen-bond donors (Lipinski definition) is 1. The normalized spacial score (nSPS) is 11.2. The molecule has 0 atom stereocenters. The number of hydrogen-bond acceptors (Lipinski definition) is 4. The van der Waals surface area contributed by atoms with Gasteiger partial charge in [0.15, 0.2) is 0 Å². The molecule has 0 fully saturated rings. The molecule has 0 heterocycles. The molecule has 21 heavy (non-hydrogen) atoms. The fourth-order valence-corrected chi connectivity index (χ4v) is 2.22. The lowest BCUT2D eigenvalue weighted by molar-refractivity contribution is 0.110. The van der Waals surface area contributed by atoms with Gasteiger partial charge < -0.3 is 14.8 Å². The molecule has 0 amide bonds. The zero-order valence-electron chi connectivity index (χ0n) is 13.7. The van der Waals surface area contributed by atoms with Crippen molar-refractivity contribution in [2.75, 3.05) is 47.1 Å². The van der Waals surface area contributed by atoms with Gasteiger partial charge in [0.1, 0.15) is 0 Å². The van der Waals surface area contributed by atoms with Crippen LogP contribution < -0.4 is 5.32 Å². The lowest BCUT2D eigenvalue weighted by Gasteiger charge is -2.22. The average molecular weight is 294 g/mol. The molecular weight excluding hydrogens is 264 g/mol. The van der Waals surface area contributed by atoms with Crippen molar-refractivity contribution in [1.29, 1.82) is 0 Å². The molecule has 0 saturated carbocycles. The number of methoxy groups -OCH3 is 2. The highest BCUT2D eigenvalue weighted by Crippen LogP contribution is 2.08. The fourth-order valence-electron chi connectivity index (χ4n) is 2.22. The molecule has 0 bridgehead atoms. The van der Waals surface area contributed by atoms with Gasteiger partial charge in [-0.1, -0.05) is 31.2 Å². The Morgan fingerprint density at radius 1 is 1.05 bits per heavy atom. The van der Waals surface area contributed by atoms with E-state index in [0.29, 0.717) is 0 Å². The van der Waals surface area contributed by atoms with Gasteiger partial charge in [-0.25, -0.2) is 0 Å². The van der Waals surface area contributed by atoms with Crippen LogP contribution in [0.25, 0.3) is 0 Å². The van der Waals surface area contributed by atoms with Crippen molar-refractivity contribution in [2.24, 2.45) is 0 Å². The summed E-state index contributed by atoms with van der Waals surface area (Å²) in [6.45, 7) is 8.50. The van der Waals surface area contributed by atoms with E-state index in [2.05, 4.69) is 41.4 Å². The third kappa shape index (κ3) is 8.17. The highest BCUT2D eigenvalue weighted by Gasteiger charge is 2.06. The SMILES string of the molecule is CCCNCc1cccc(CN(CCOC)CCOC)c1. The highest BCUT2D eigenvalue weighted by atomic mass is 16.5. The Kier molecular flexibility index (Phi) is 10.1. The summed E-state index contributed by atoms with van der Waals surface area (Å²) in [6, 6.07) is 8.80. The Morgan fingerprint density at radius 2 is 1.71 bits per heavy atom. The Hall–Kier alpha value is -0.940. The summed E-state index contributed by atoms with van der Waals surface area (Å²) in [5.41, 5.74) is 2.69. The third-order valence-electron chi connectivity index (χ3n) is 3.38. The summed E-state index contributed by atoms with van der Waals surface area (Å²) in [7, 11) is 3.49. The van der Waals surface area contributed by atoms with E-state index in [1.54, 1.807) is 14.2 Å². The lowest BCUT2D eigenvalue weighted by Crippen LogP contribution is -2.30. The van der Waals surface area contributed by atoms with Crippen molar-refractivity contribution in [1.82, 2.24) is 10.2 Å². The largest absolute Gasteiger partial charge is 0.383 e. The quantitative estimate of drug-likeness (QED) is 0.600. The first-order chi connectivity index (χ1) is 10.3. The molecule has 120 valence electrons. The molecule has 1 N–H and O–H groups in total. The zero-order chi connectivity index (χ0) is 15.3. The fraction of sp³-hybridized carbons (Fsp3) is 0.647. The minimum atomic E-state index is 0.751. The highest BCUT2D eigenvalue weighted by molar-refractivity contribution is 5.23. The Labute approximate surface area is 129 Å². The van der Waals surface area contributed by atoms with Gasteiger partial charge in [-0.3, -0.25) is 4.90 Å². The first-order valence-electron chi connectivity index (χ1n) is 7.79. The molecule has 0 unspecified atom stereocenters. The van der Waals surface area contributed by atoms with E-state index < -0.39 is 0 Å². The minimum Gasteiger partial charge on any atom is -0.383 e. The number of nitrogens with zero attached hydrogens (tertiary/aromatic N) is 1. The van der Waals surface area contributed by atoms with E-state index >= 15 is 0 Å². The number of rotatable bonds is 12. The first-order valence-corrected chi connectivity index (χ1v) is 7.79. The maximum absolute atomic E-state index is 5.19. The van der Waals surface area contributed by atoms with Gasteiger partial charge in [0.05, 0.1) is 13.2 Å². The Morgan fingerprint density at radius 3 is 2.33 bits per heavy atom. The average Bonchev–Trinajstić information content (AvgIpc) is 2.50. The van der Waals surface area contributed by atoms with E-state index in [0.717, 1.165) is 45.9 Å². The van der Waals surface area contributed by atoms with Crippen molar-refractivity contribution in [3.63, 3.8) is 0 Å². The molecule has 0 saturated heterocycles. The predicted molar refractivity (Wildman–Crippen MR) is 87.5 cm³/mol. The van der Waals surface area contributed by atoms with E-state index in [9.17, 15) is 0 Å². The standard InChI is InChI=1S/C17H30N2O2/c1-4-8-18-14-16-6-5-7-17(13-16)15-19(9-11-20-2)10-12-21-3/h5-7,13,18H,4,8-12,14-15H2,1-3H3. The molecule has 0 spiro atoms. The van der Waals surface area contributed by atoms with Gasteiger partial charge in [-0.2, -0.15) is 0 Å². The minimum absolute atomic E-state index is 0.751. The second-order valence-electron chi connectivity index (χ2n) is 5.26. The summed E-state index contributed by atoms with van der Waals surface area (Å²) in [4.78, 5) is 2.37. The zero-order valence-corrected chi connectivity index (χ0v) is 13.7. The lowest BCUT2D eigenvalue weighted by atomic mass is 10.1. The second kappa shape index (κ2) is 11.7. The predicted octanol–water partition coefficient (Wildman–Crippen LogP) is 2.28. The van der Waals surface area contributed by atoms with Crippen LogP contribution in [-0.4, -0.2) is 52.0 Å². The van der Waals surface area contributed by atoms with Crippen LogP contribution in [0.3, 0.4) is 0 Å². The molecule has 0 radical (unpaired) electrons.